The molecule has 1 aliphatic rings. The Balaban J connectivity index is -0.000000277. The number of primary amides is 1. The molecule has 3 unspecified atom stereocenters. The monoisotopic (exact) mass is 827 g/mol. The number of rotatable bonds is 20. The Morgan fingerprint density at radius 2 is 1.56 bits per heavy atom. The quantitative estimate of drug-likeness (QED) is 0.0379. The maximum Gasteiger partial charge on any atom is 0.289 e. The van der Waals surface area contributed by atoms with Crippen LogP contribution in [0.15, 0.2) is 12.7 Å². The van der Waals surface area contributed by atoms with Crippen molar-refractivity contribution in [1.29, 1.82) is 0 Å². The SMILES string of the molecule is C=CCNC(=O)C(=O)CNC(=O)C1CCCN1C(=O)CC(C)OCCCCCCC.CC.CCC.CCS(=O)(=O)N(C)CC(NC)C(C)(C)C.CS.NC=O. The van der Waals surface area contributed by atoms with E-state index in [2.05, 4.69) is 82.4 Å². The molecule has 14 nitrogen and oxygen atoms in total. The number of carbonyl (C=O) groups excluding carboxylic acids is 5. The van der Waals surface area contributed by atoms with E-state index >= 15 is 0 Å². The molecule has 3 atom stereocenters. The summed E-state index contributed by atoms with van der Waals surface area (Å²) in [5.41, 5.74) is 4.21. The van der Waals surface area contributed by atoms with Crippen LogP contribution in [-0.2, 0) is 38.7 Å². The van der Waals surface area contributed by atoms with Crippen LogP contribution in [0.5, 0.6) is 0 Å². The maximum atomic E-state index is 12.6. The number of ketones is 1. The normalized spacial score (nSPS) is 14.2. The van der Waals surface area contributed by atoms with Crippen LogP contribution >= 0.6 is 12.6 Å². The zero-order valence-electron chi connectivity index (χ0n) is 36.8. The van der Waals surface area contributed by atoms with E-state index in [0.717, 1.165) is 19.3 Å². The van der Waals surface area contributed by atoms with Crippen molar-refractivity contribution >= 4 is 52.6 Å². The molecule has 0 radical (unpaired) electrons. The zero-order valence-corrected chi connectivity index (χ0v) is 38.5. The van der Waals surface area contributed by atoms with Crippen molar-refractivity contribution in [3.8, 4) is 0 Å². The van der Waals surface area contributed by atoms with Gasteiger partial charge in [0.1, 0.15) is 6.04 Å². The molecular weight excluding hydrogens is 745 g/mol. The molecule has 0 aromatic rings. The van der Waals surface area contributed by atoms with E-state index in [1.165, 1.54) is 36.1 Å². The van der Waals surface area contributed by atoms with Gasteiger partial charge in [-0.15, -0.1) is 6.58 Å². The van der Waals surface area contributed by atoms with Crippen LogP contribution in [0.25, 0.3) is 0 Å². The van der Waals surface area contributed by atoms with Crippen molar-refractivity contribution in [2.24, 2.45) is 11.1 Å². The van der Waals surface area contributed by atoms with Gasteiger partial charge in [0.05, 0.1) is 24.8 Å². The maximum absolute atomic E-state index is 12.6. The summed E-state index contributed by atoms with van der Waals surface area (Å²) in [6.07, 6.45) is 11.7. The molecule has 1 fully saturated rings. The predicted octanol–water partition coefficient (Wildman–Crippen LogP) is 4.72. The van der Waals surface area contributed by atoms with Crippen molar-refractivity contribution < 1.29 is 37.1 Å². The standard InChI is InChI=1S/C22H37N3O5.C10H24N2O2S.C3H8.C2H6.CH3NO.CH4S/c1-4-6-7-8-9-14-30-17(3)15-20(27)25-13-10-11-18(25)21(28)24-16-19(26)22(29)23-12-5-2;1-7-15(13,14)12(6)8-9(11-5)10(2,3)4;1-3-2;1-2;2-1-3;1-2/h5,17-18H,2,4,6-16H2,1,3H3,(H,23,29)(H,24,28);9,11H,7-8H2,1-6H3;3H2,1-2H3;1-2H3;1H,(H2,2,3);2H,1H3. The molecule has 0 bridgehead atoms. The number of sulfonamides is 1. The van der Waals surface area contributed by atoms with Gasteiger partial charge >= 0.3 is 0 Å². The van der Waals surface area contributed by atoms with Crippen molar-refractivity contribution in [3.05, 3.63) is 12.7 Å². The van der Waals surface area contributed by atoms with E-state index in [-0.39, 0.29) is 48.6 Å². The molecular formula is C39H82N6O8S2. The van der Waals surface area contributed by atoms with Crippen molar-refractivity contribution in [3.63, 3.8) is 0 Å². The van der Waals surface area contributed by atoms with Gasteiger partial charge in [-0.2, -0.15) is 12.6 Å². The van der Waals surface area contributed by atoms with E-state index in [4.69, 9.17) is 9.53 Å². The second kappa shape index (κ2) is 39.7. The van der Waals surface area contributed by atoms with Crippen LogP contribution in [0.3, 0.4) is 0 Å². The third-order valence-electron chi connectivity index (χ3n) is 7.74. The number of nitrogens with zero attached hydrogens (tertiary/aromatic N) is 2. The van der Waals surface area contributed by atoms with Crippen LogP contribution in [0.4, 0.5) is 0 Å². The molecule has 1 aliphatic heterocycles. The molecule has 4 amide bonds. The van der Waals surface area contributed by atoms with Gasteiger partial charge in [-0.3, -0.25) is 24.0 Å². The van der Waals surface area contributed by atoms with E-state index in [9.17, 15) is 27.6 Å². The average molecular weight is 827 g/mol. The Labute approximate surface area is 341 Å². The van der Waals surface area contributed by atoms with Crippen molar-refractivity contribution in [1.82, 2.24) is 25.2 Å². The van der Waals surface area contributed by atoms with Gasteiger partial charge < -0.3 is 31.3 Å². The third-order valence-corrected chi connectivity index (χ3v) is 9.57. The first-order chi connectivity index (χ1) is 25.9. The van der Waals surface area contributed by atoms with Crippen molar-refractivity contribution in [2.75, 3.05) is 58.9 Å². The number of nitrogens with two attached hydrogens (primary N) is 1. The molecule has 328 valence electrons. The van der Waals surface area contributed by atoms with Gasteiger partial charge in [0, 0.05) is 39.3 Å². The van der Waals surface area contributed by atoms with Crippen LogP contribution in [-0.4, -0.2) is 125 Å². The molecule has 0 aromatic heterocycles. The number of amides is 4. The van der Waals surface area contributed by atoms with Gasteiger partial charge in [0.25, 0.3) is 5.91 Å². The summed E-state index contributed by atoms with van der Waals surface area (Å²) >= 11 is 3.53. The van der Waals surface area contributed by atoms with Crippen LogP contribution in [0.1, 0.15) is 127 Å². The third kappa shape index (κ3) is 33.3. The second-order valence-electron chi connectivity index (χ2n) is 13.4. The molecule has 55 heavy (non-hydrogen) atoms. The highest BCUT2D eigenvalue weighted by molar-refractivity contribution is 7.89. The Morgan fingerprint density at radius 3 is 2.02 bits per heavy atom. The van der Waals surface area contributed by atoms with E-state index in [0.29, 0.717) is 26.1 Å². The fraction of sp³-hybridized carbons (Fsp3) is 0.821. The van der Waals surface area contributed by atoms with Gasteiger partial charge in [-0.1, -0.05) is 93.6 Å². The highest BCUT2D eigenvalue weighted by Gasteiger charge is 2.35. The first kappa shape index (κ1) is 61.7. The molecule has 16 heteroatoms. The predicted molar refractivity (Wildman–Crippen MR) is 232 cm³/mol. The lowest BCUT2D eigenvalue weighted by molar-refractivity contribution is -0.141. The number of hydrogen-bond acceptors (Lipinski definition) is 10. The fourth-order valence-electron chi connectivity index (χ4n) is 4.77. The largest absolute Gasteiger partial charge is 0.378 e. The lowest BCUT2D eigenvalue weighted by atomic mass is 9.87. The number of Topliss-reactive ketones (excluding diaryl/α,β-unsaturated/α-hetero) is 1. The summed E-state index contributed by atoms with van der Waals surface area (Å²) in [5, 5.41) is 8.01. The average Bonchev–Trinajstić information content (AvgIpc) is 3.66. The number of likely N-dealkylation sites (tertiary alicyclic amines) is 1. The number of hydrogen-bond donors (Lipinski definition) is 5. The number of nitrogens with one attached hydrogen (secondary N) is 3. The molecule has 1 heterocycles. The van der Waals surface area contributed by atoms with E-state index in [1.54, 1.807) is 25.1 Å². The highest BCUT2D eigenvalue weighted by atomic mass is 32.2. The summed E-state index contributed by atoms with van der Waals surface area (Å²) < 4.78 is 30.3. The minimum absolute atomic E-state index is 0.0479. The Morgan fingerprint density at radius 1 is 1.04 bits per heavy atom. The van der Waals surface area contributed by atoms with E-state index in [1.807, 2.05) is 27.8 Å². The minimum Gasteiger partial charge on any atom is -0.378 e. The van der Waals surface area contributed by atoms with Gasteiger partial charge in [-0.05, 0) is 51.8 Å². The minimum atomic E-state index is -3.07. The number of likely N-dealkylation sites (N-methyl/N-ethyl adjacent to an activating group) is 2. The Hall–Kier alpha value is -2.53. The summed E-state index contributed by atoms with van der Waals surface area (Å²) in [4.78, 5) is 58.5. The molecule has 0 saturated carbocycles. The summed E-state index contributed by atoms with van der Waals surface area (Å²) in [6, 6.07) is -0.452. The Bertz CT molecular complexity index is 1100. The second-order valence-corrected chi connectivity index (χ2v) is 15.8. The fourth-order valence-corrected chi connectivity index (χ4v) is 5.59. The highest BCUT2D eigenvalue weighted by Crippen LogP contribution is 2.21. The number of carbonyl (C=O) groups is 5. The van der Waals surface area contributed by atoms with Gasteiger partial charge in [-0.25, -0.2) is 12.7 Å². The van der Waals surface area contributed by atoms with Crippen molar-refractivity contribution in [2.45, 2.75) is 145 Å². The van der Waals surface area contributed by atoms with Crippen LogP contribution in [0, 0.1) is 5.41 Å². The topological polar surface area (TPSA) is 197 Å². The first-order valence-electron chi connectivity index (χ1n) is 19.7. The number of ether oxygens (including phenoxy) is 1. The van der Waals surface area contributed by atoms with Gasteiger partial charge in [0.15, 0.2) is 0 Å². The van der Waals surface area contributed by atoms with E-state index < -0.39 is 40.2 Å². The van der Waals surface area contributed by atoms with Gasteiger partial charge in [0.2, 0.25) is 34.0 Å². The molecule has 0 spiro atoms. The lowest BCUT2D eigenvalue weighted by Gasteiger charge is -2.33. The molecule has 5 N–H and O–H groups in total. The molecule has 0 aromatic carbocycles. The Kier molecular flexibility index (Phi) is 44.5. The van der Waals surface area contributed by atoms with Crippen LogP contribution < -0.4 is 21.7 Å². The van der Waals surface area contributed by atoms with Crippen LogP contribution in [0.2, 0.25) is 0 Å². The smallest absolute Gasteiger partial charge is 0.289 e. The lowest BCUT2D eigenvalue weighted by Crippen LogP contribution is -2.48. The number of unbranched alkanes of at least 4 members (excludes halogenated alkanes) is 4. The zero-order chi connectivity index (χ0) is 44.0. The molecule has 1 saturated heterocycles. The summed E-state index contributed by atoms with van der Waals surface area (Å²) in [7, 11) is 0.427. The molecule has 1 rings (SSSR count). The number of thiol groups is 1. The molecule has 0 aliphatic carbocycles. The summed E-state index contributed by atoms with van der Waals surface area (Å²) in [6.45, 7) is 25.2. The first-order valence-corrected chi connectivity index (χ1v) is 22.2. The summed E-state index contributed by atoms with van der Waals surface area (Å²) in [5.74, 6) is -1.88.